The van der Waals surface area contributed by atoms with E-state index < -0.39 is 11.7 Å². The monoisotopic (exact) mass is 526 g/mol. The zero-order valence-corrected chi connectivity index (χ0v) is 21.0. The van der Waals surface area contributed by atoms with Crippen molar-refractivity contribution in [2.24, 2.45) is 4.99 Å². The van der Waals surface area contributed by atoms with E-state index >= 15 is 0 Å². The number of nitrogens with one attached hydrogen (secondary N) is 3. The third-order valence-corrected chi connectivity index (χ3v) is 4.37. The van der Waals surface area contributed by atoms with Crippen LogP contribution in [0.4, 0.5) is 4.79 Å². The van der Waals surface area contributed by atoms with Gasteiger partial charge in [-0.3, -0.25) is 9.69 Å². The fourth-order valence-electron chi connectivity index (χ4n) is 2.88. The molecule has 0 aromatic carbocycles. The summed E-state index contributed by atoms with van der Waals surface area (Å²) in [4.78, 5) is 31.9. The lowest BCUT2D eigenvalue weighted by Crippen LogP contribution is -2.47. The second-order valence-corrected chi connectivity index (χ2v) is 8.11. The molecule has 1 atom stereocenters. The summed E-state index contributed by atoms with van der Waals surface area (Å²) in [6, 6.07) is 0.474. The van der Waals surface area contributed by atoms with Crippen LogP contribution in [0.15, 0.2) is 4.99 Å². The quantitative estimate of drug-likeness (QED) is 0.191. The molecular weight excluding hydrogens is 487 g/mol. The van der Waals surface area contributed by atoms with Crippen LogP contribution in [0, 0.1) is 0 Å². The Morgan fingerprint density at radius 2 is 1.83 bits per heavy atom. The fourth-order valence-corrected chi connectivity index (χ4v) is 2.88. The second kappa shape index (κ2) is 13.8. The average Bonchev–Trinajstić information content (AvgIpc) is 3.05. The van der Waals surface area contributed by atoms with Crippen molar-refractivity contribution in [3.05, 3.63) is 0 Å². The van der Waals surface area contributed by atoms with Crippen LogP contribution in [-0.4, -0.2) is 92.8 Å². The van der Waals surface area contributed by atoms with Gasteiger partial charge < -0.3 is 25.6 Å². The molecule has 1 saturated heterocycles. The smallest absolute Gasteiger partial charge is 0.407 e. The molecule has 1 aliphatic rings. The number of carbonyl (C=O) groups is 2. The van der Waals surface area contributed by atoms with Gasteiger partial charge >= 0.3 is 6.09 Å². The van der Waals surface area contributed by atoms with E-state index in [0.29, 0.717) is 25.1 Å². The fraction of sp³-hybridized carbons (Fsp3) is 0.842. The molecule has 1 heterocycles. The van der Waals surface area contributed by atoms with Gasteiger partial charge in [-0.25, -0.2) is 9.79 Å². The summed E-state index contributed by atoms with van der Waals surface area (Å²) in [7, 11) is 3.42. The van der Waals surface area contributed by atoms with Crippen molar-refractivity contribution in [1.82, 2.24) is 25.8 Å². The molecule has 170 valence electrons. The lowest BCUT2D eigenvalue weighted by atomic mass is 10.2. The molecule has 0 aliphatic carbocycles. The second-order valence-electron chi connectivity index (χ2n) is 8.11. The van der Waals surface area contributed by atoms with Gasteiger partial charge in [0.25, 0.3) is 0 Å². The molecular formula is C19H39IN6O3. The van der Waals surface area contributed by atoms with E-state index in [0.717, 1.165) is 26.1 Å². The summed E-state index contributed by atoms with van der Waals surface area (Å²) < 4.78 is 5.21. The Morgan fingerprint density at radius 1 is 1.17 bits per heavy atom. The summed E-state index contributed by atoms with van der Waals surface area (Å²) in [5.74, 6) is 0.508. The van der Waals surface area contributed by atoms with Gasteiger partial charge in [-0.05, 0) is 46.7 Å². The number of aliphatic imine (C=N–C) groups is 1. The van der Waals surface area contributed by atoms with Gasteiger partial charge in [-0.1, -0.05) is 6.92 Å². The van der Waals surface area contributed by atoms with Crippen LogP contribution in [0.2, 0.25) is 0 Å². The highest BCUT2D eigenvalue weighted by Gasteiger charge is 2.23. The zero-order valence-electron chi connectivity index (χ0n) is 18.7. The molecule has 0 aromatic rings. The van der Waals surface area contributed by atoms with Crippen LogP contribution in [-0.2, 0) is 9.53 Å². The molecule has 1 rings (SSSR count). The number of likely N-dealkylation sites (tertiary alicyclic amines) is 1. The maximum Gasteiger partial charge on any atom is 0.407 e. The predicted octanol–water partition coefficient (Wildman–Crippen LogP) is 1.24. The van der Waals surface area contributed by atoms with Gasteiger partial charge in [-0.2, -0.15) is 0 Å². The van der Waals surface area contributed by atoms with E-state index in [2.05, 4.69) is 32.8 Å². The molecule has 0 bridgehead atoms. The van der Waals surface area contributed by atoms with Crippen LogP contribution in [0.3, 0.4) is 0 Å². The minimum absolute atomic E-state index is 0. The van der Waals surface area contributed by atoms with E-state index in [-0.39, 0.29) is 36.4 Å². The van der Waals surface area contributed by atoms with Gasteiger partial charge in [0.05, 0.1) is 0 Å². The van der Waals surface area contributed by atoms with Crippen LogP contribution in [0.1, 0.15) is 40.5 Å². The summed E-state index contributed by atoms with van der Waals surface area (Å²) >= 11 is 0. The molecule has 0 aromatic heterocycles. The van der Waals surface area contributed by atoms with Crippen molar-refractivity contribution >= 4 is 41.9 Å². The Hall–Kier alpha value is -1.30. The SMILES string of the molecule is CCN1CCCC1CNC(=NCC(=O)N(C)C)NCCNC(=O)OC(C)(C)C.I. The molecule has 0 radical (unpaired) electrons. The molecule has 2 amide bonds. The van der Waals surface area contributed by atoms with Crippen molar-refractivity contribution < 1.29 is 14.3 Å². The van der Waals surface area contributed by atoms with Crippen molar-refractivity contribution in [1.29, 1.82) is 0 Å². The Balaban J connectivity index is 0.00000784. The summed E-state index contributed by atoms with van der Waals surface area (Å²) in [5, 5.41) is 9.20. The standard InChI is InChI=1S/C19H38N6O3.HI/c1-7-25-12-8-9-15(25)13-22-17(23-14-16(26)24(5)6)20-10-11-21-18(27)28-19(2,3)4;/h15H,7-14H2,1-6H3,(H,21,27)(H2,20,22,23);1H. The van der Waals surface area contributed by atoms with Gasteiger partial charge in [0, 0.05) is 39.8 Å². The molecule has 1 unspecified atom stereocenters. The molecule has 29 heavy (non-hydrogen) atoms. The number of alkyl carbamates (subject to hydrolysis) is 1. The van der Waals surface area contributed by atoms with E-state index in [1.54, 1.807) is 14.1 Å². The summed E-state index contributed by atoms with van der Waals surface area (Å²) in [6.07, 6.45) is 1.91. The van der Waals surface area contributed by atoms with Gasteiger partial charge in [0.2, 0.25) is 5.91 Å². The average molecular weight is 526 g/mol. The van der Waals surface area contributed by atoms with E-state index in [4.69, 9.17) is 4.74 Å². The minimum Gasteiger partial charge on any atom is -0.444 e. The molecule has 0 saturated carbocycles. The number of halogens is 1. The van der Waals surface area contributed by atoms with Crippen LogP contribution in [0.5, 0.6) is 0 Å². The first kappa shape index (κ1) is 27.7. The third-order valence-electron chi connectivity index (χ3n) is 4.37. The molecule has 1 aliphatic heterocycles. The number of likely N-dealkylation sites (N-methyl/N-ethyl adjacent to an activating group) is 2. The number of ether oxygens (including phenoxy) is 1. The Morgan fingerprint density at radius 3 is 2.41 bits per heavy atom. The zero-order chi connectivity index (χ0) is 21.2. The van der Waals surface area contributed by atoms with Crippen LogP contribution in [0.25, 0.3) is 0 Å². The number of hydrogen-bond acceptors (Lipinski definition) is 5. The highest BCUT2D eigenvalue weighted by atomic mass is 127. The Labute approximate surface area is 192 Å². The molecule has 9 nitrogen and oxygen atoms in total. The highest BCUT2D eigenvalue weighted by molar-refractivity contribution is 14.0. The summed E-state index contributed by atoms with van der Waals surface area (Å²) in [5.41, 5.74) is -0.523. The summed E-state index contributed by atoms with van der Waals surface area (Å²) in [6.45, 7) is 11.5. The first-order chi connectivity index (χ1) is 13.1. The molecule has 10 heteroatoms. The van der Waals surface area contributed by atoms with E-state index in [9.17, 15) is 9.59 Å². The van der Waals surface area contributed by atoms with Crippen molar-refractivity contribution in [2.75, 3.05) is 53.4 Å². The number of rotatable bonds is 8. The maximum atomic E-state index is 11.8. The lowest BCUT2D eigenvalue weighted by Gasteiger charge is -2.24. The number of hydrogen-bond donors (Lipinski definition) is 3. The molecule has 0 spiro atoms. The third kappa shape index (κ3) is 12.1. The first-order valence-corrected chi connectivity index (χ1v) is 10.1. The minimum atomic E-state index is -0.523. The van der Waals surface area contributed by atoms with Gasteiger partial charge in [0.15, 0.2) is 5.96 Å². The van der Waals surface area contributed by atoms with Crippen molar-refractivity contribution in [3.8, 4) is 0 Å². The maximum absolute atomic E-state index is 11.8. The number of nitrogens with zero attached hydrogens (tertiary/aromatic N) is 3. The topological polar surface area (TPSA) is 98.3 Å². The highest BCUT2D eigenvalue weighted by Crippen LogP contribution is 2.15. The van der Waals surface area contributed by atoms with Gasteiger partial charge in [0.1, 0.15) is 12.1 Å². The largest absolute Gasteiger partial charge is 0.444 e. The number of carbonyl (C=O) groups excluding carboxylic acids is 2. The van der Waals surface area contributed by atoms with Gasteiger partial charge in [-0.15, -0.1) is 24.0 Å². The lowest BCUT2D eigenvalue weighted by molar-refractivity contribution is -0.127. The van der Waals surface area contributed by atoms with E-state index in [1.165, 1.54) is 11.3 Å². The van der Waals surface area contributed by atoms with Crippen molar-refractivity contribution in [3.63, 3.8) is 0 Å². The molecule has 3 N–H and O–H groups in total. The van der Waals surface area contributed by atoms with Crippen LogP contribution >= 0.6 is 24.0 Å². The number of guanidine groups is 1. The molecule has 1 fully saturated rings. The first-order valence-electron chi connectivity index (χ1n) is 10.1. The number of amides is 2. The van der Waals surface area contributed by atoms with E-state index in [1.807, 2.05) is 20.8 Å². The Bertz CT molecular complexity index is 537. The normalized spacial score (nSPS) is 17.3. The predicted molar refractivity (Wildman–Crippen MR) is 127 cm³/mol. The van der Waals surface area contributed by atoms with Crippen LogP contribution < -0.4 is 16.0 Å². The van der Waals surface area contributed by atoms with Crippen molar-refractivity contribution in [2.45, 2.75) is 52.2 Å². The Kier molecular flexibility index (Phi) is 13.2.